The second kappa shape index (κ2) is 5.52. The largest absolute Gasteiger partial charge is 0.329 e. The zero-order chi connectivity index (χ0) is 14.9. The summed E-state index contributed by atoms with van der Waals surface area (Å²) in [5.41, 5.74) is 8.15. The predicted molar refractivity (Wildman–Crippen MR) is 80.1 cm³/mol. The van der Waals surface area contributed by atoms with Gasteiger partial charge in [-0.2, -0.15) is 0 Å². The lowest BCUT2D eigenvalue weighted by Crippen LogP contribution is -2.51. The van der Waals surface area contributed by atoms with Gasteiger partial charge in [-0.05, 0) is 52.2 Å². The van der Waals surface area contributed by atoms with Gasteiger partial charge in [0.15, 0.2) is 0 Å². The van der Waals surface area contributed by atoms with Crippen molar-refractivity contribution in [2.45, 2.75) is 64.6 Å². The molecule has 2 atom stereocenters. The van der Waals surface area contributed by atoms with Crippen LogP contribution in [-0.4, -0.2) is 27.4 Å². The van der Waals surface area contributed by atoms with E-state index >= 15 is 0 Å². The quantitative estimate of drug-likeness (QED) is 0.857. The summed E-state index contributed by atoms with van der Waals surface area (Å²) in [6.45, 7) is 8.16. The van der Waals surface area contributed by atoms with Crippen LogP contribution in [-0.2, 0) is 4.79 Å². The second-order valence-corrected chi connectivity index (χ2v) is 6.67. The molecule has 1 aliphatic heterocycles. The van der Waals surface area contributed by atoms with Gasteiger partial charge in [0.25, 0.3) is 0 Å². The molecule has 1 amide bonds. The van der Waals surface area contributed by atoms with Gasteiger partial charge in [-0.3, -0.25) is 9.78 Å². The van der Waals surface area contributed by atoms with Crippen molar-refractivity contribution in [2.75, 3.05) is 0 Å². The van der Waals surface area contributed by atoms with Crippen molar-refractivity contribution in [1.82, 2.24) is 9.88 Å². The molecule has 0 aliphatic carbocycles. The Bertz CT molecular complexity index is 475. The third-order valence-electron chi connectivity index (χ3n) is 3.88. The lowest BCUT2D eigenvalue weighted by atomic mass is 9.93. The van der Waals surface area contributed by atoms with Crippen LogP contribution in [0.3, 0.4) is 0 Å². The summed E-state index contributed by atoms with van der Waals surface area (Å²) in [6, 6.07) is 3.91. The molecule has 2 unspecified atom stereocenters. The van der Waals surface area contributed by atoms with Crippen molar-refractivity contribution in [1.29, 1.82) is 0 Å². The molecule has 2 heterocycles. The number of carbonyl (C=O) groups is 1. The SMILES string of the molecule is Cc1ccc(C2C(N)CCCC(=O)N2C(C)(C)C)cn1. The third-order valence-corrected chi connectivity index (χ3v) is 3.88. The summed E-state index contributed by atoms with van der Waals surface area (Å²) >= 11 is 0. The Morgan fingerprint density at radius 1 is 1.35 bits per heavy atom. The summed E-state index contributed by atoms with van der Waals surface area (Å²) < 4.78 is 0. The van der Waals surface area contributed by atoms with Gasteiger partial charge in [-0.1, -0.05) is 6.07 Å². The molecule has 1 fully saturated rings. The molecule has 0 aromatic carbocycles. The fourth-order valence-electron chi connectivity index (χ4n) is 2.96. The van der Waals surface area contributed by atoms with Gasteiger partial charge in [0.05, 0.1) is 6.04 Å². The number of aryl methyl sites for hydroxylation is 1. The molecular weight excluding hydrogens is 250 g/mol. The van der Waals surface area contributed by atoms with Gasteiger partial charge in [-0.25, -0.2) is 0 Å². The van der Waals surface area contributed by atoms with E-state index in [2.05, 4.69) is 25.8 Å². The lowest BCUT2D eigenvalue weighted by molar-refractivity contribution is -0.139. The van der Waals surface area contributed by atoms with Crippen LogP contribution in [0.5, 0.6) is 0 Å². The Labute approximate surface area is 121 Å². The summed E-state index contributed by atoms with van der Waals surface area (Å²) in [5, 5.41) is 0. The van der Waals surface area contributed by atoms with Crippen LogP contribution >= 0.6 is 0 Å². The fourth-order valence-corrected chi connectivity index (χ4v) is 2.96. The van der Waals surface area contributed by atoms with E-state index in [1.54, 1.807) is 0 Å². The minimum absolute atomic E-state index is 0.0369. The van der Waals surface area contributed by atoms with Crippen LogP contribution in [0.4, 0.5) is 0 Å². The van der Waals surface area contributed by atoms with Gasteiger partial charge in [0, 0.05) is 29.9 Å². The van der Waals surface area contributed by atoms with Crippen molar-refractivity contribution < 1.29 is 4.79 Å². The monoisotopic (exact) mass is 275 g/mol. The number of hydrogen-bond acceptors (Lipinski definition) is 3. The predicted octanol–water partition coefficient (Wildman–Crippen LogP) is 2.57. The first-order valence-corrected chi connectivity index (χ1v) is 7.31. The summed E-state index contributed by atoms with van der Waals surface area (Å²) in [4.78, 5) is 18.8. The van der Waals surface area contributed by atoms with Crippen LogP contribution in [0.1, 0.15) is 57.3 Å². The number of amides is 1. The highest BCUT2D eigenvalue weighted by atomic mass is 16.2. The maximum atomic E-state index is 12.5. The highest BCUT2D eigenvalue weighted by molar-refractivity contribution is 5.78. The fraction of sp³-hybridized carbons (Fsp3) is 0.625. The van der Waals surface area contributed by atoms with Crippen molar-refractivity contribution >= 4 is 5.91 Å². The molecule has 2 rings (SSSR count). The molecule has 4 nitrogen and oxygen atoms in total. The first kappa shape index (κ1) is 15.0. The number of likely N-dealkylation sites (tertiary alicyclic amines) is 1. The van der Waals surface area contributed by atoms with Gasteiger partial charge >= 0.3 is 0 Å². The van der Waals surface area contributed by atoms with E-state index in [9.17, 15) is 4.79 Å². The molecule has 1 aromatic rings. The Morgan fingerprint density at radius 2 is 2.05 bits per heavy atom. The second-order valence-electron chi connectivity index (χ2n) is 6.67. The Balaban J connectivity index is 2.46. The van der Waals surface area contributed by atoms with Gasteiger partial charge in [-0.15, -0.1) is 0 Å². The molecule has 20 heavy (non-hydrogen) atoms. The van der Waals surface area contributed by atoms with Crippen molar-refractivity contribution in [2.24, 2.45) is 5.73 Å². The molecule has 0 radical (unpaired) electrons. The highest BCUT2D eigenvalue weighted by Gasteiger charge is 2.38. The van der Waals surface area contributed by atoms with Gasteiger partial charge in [0.2, 0.25) is 5.91 Å². The molecule has 1 saturated heterocycles. The van der Waals surface area contributed by atoms with Crippen LogP contribution in [0.15, 0.2) is 18.3 Å². The van der Waals surface area contributed by atoms with Gasteiger partial charge in [0.1, 0.15) is 0 Å². The highest BCUT2D eigenvalue weighted by Crippen LogP contribution is 2.35. The van der Waals surface area contributed by atoms with E-state index in [1.807, 2.05) is 30.2 Å². The number of hydrogen-bond donors (Lipinski definition) is 1. The molecule has 4 heteroatoms. The molecule has 110 valence electrons. The molecular formula is C16H25N3O. The first-order valence-electron chi connectivity index (χ1n) is 7.31. The van der Waals surface area contributed by atoms with Crippen LogP contribution in [0.25, 0.3) is 0 Å². The Morgan fingerprint density at radius 3 is 2.60 bits per heavy atom. The first-order chi connectivity index (χ1) is 9.30. The number of nitrogens with zero attached hydrogens (tertiary/aromatic N) is 2. The molecule has 0 spiro atoms. The van der Waals surface area contributed by atoms with Gasteiger partial charge < -0.3 is 10.6 Å². The van der Waals surface area contributed by atoms with E-state index in [0.29, 0.717) is 6.42 Å². The molecule has 1 aliphatic rings. The third kappa shape index (κ3) is 3.01. The minimum atomic E-state index is -0.241. The van der Waals surface area contributed by atoms with Crippen LogP contribution in [0.2, 0.25) is 0 Å². The standard InChI is InChI=1S/C16H25N3O/c1-11-8-9-12(10-18-11)15-13(17)6-5-7-14(20)19(15)16(2,3)4/h8-10,13,15H,5-7,17H2,1-4H3. The topological polar surface area (TPSA) is 59.2 Å². The van der Waals surface area contributed by atoms with E-state index in [0.717, 1.165) is 24.1 Å². The summed E-state index contributed by atoms with van der Waals surface area (Å²) in [5.74, 6) is 0.191. The number of nitrogens with two attached hydrogens (primary N) is 1. The number of rotatable bonds is 1. The number of carbonyl (C=O) groups excluding carboxylic acids is 1. The maximum absolute atomic E-state index is 12.5. The summed E-state index contributed by atoms with van der Waals surface area (Å²) in [7, 11) is 0. The van der Waals surface area contributed by atoms with Crippen LogP contribution < -0.4 is 5.73 Å². The van der Waals surface area contributed by atoms with Crippen LogP contribution in [0, 0.1) is 6.92 Å². The molecule has 0 bridgehead atoms. The number of pyridine rings is 1. The lowest BCUT2D eigenvalue weighted by Gasteiger charge is -2.43. The Kier molecular flexibility index (Phi) is 4.14. The van der Waals surface area contributed by atoms with E-state index in [4.69, 9.17) is 5.73 Å². The van der Waals surface area contributed by atoms with Crippen molar-refractivity contribution in [3.8, 4) is 0 Å². The smallest absolute Gasteiger partial charge is 0.223 e. The Hall–Kier alpha value is -1.42. The zero-order valence-electron chi connectivity index (χ0n) is 12.9. The molecule has 0 saturated carbocycles. The van der Waals surface area contributed by atoms with E-state index in [-0.39, 0.29) is 23.5 Å². The van der Waals surface area contributed by atoms with Crippen molar-refractivity contribution in [3.63, 3.8) is 0 Å². The zero-order valence-corrected chi connectivity index (χ0v) is 12.9. The molecule has 2 N–H and O–H groups in total. The number of aromatic nitrogens is 1. The average molecular weight is 275 g/mol. The maximum Gasteiger partial charge on any atom is 0.223 e. The van der Waals surface area contributed by atoms with E-state index < -0.39 is 0 Å². The average Bonchev–Trinajstić information content (AvgIpc) is 2.49. The normalized spacial score (nSPS) is 24.6. The minimum Gasteiger partial charge on any atom is -0.329 e. The molecule has 1 aromatic heterocycles. The van der Waals surface area contributed by atoms with Crippen molar-refractivity contribution in [3.05, 3.63) is 29.6 Å². The summed E-state index contributed by atoms with van der Waals surface area (Å²) in [6.07, 6.45) is 4.18. The van der Waals surface area contributed by atoms with E-state index in [1.165, 1.54) is 0 Å².